The molecule has 3 heteroatoms. The van der Waals surface area contributed by atoms with Crippen molar-refractivity contribution in [1.82, 2.24) is 5.32 Å². The number of nitrogens with one attached hydrogen (secondary N) is 1. The SMILES string of the molecule is CC#CCOc1ccc(F)cc1C(C)NCC. The fourth-order valence-corrected chi connectivity index (χ4v) is 1.59. The summed E-state index contributed by atoms with van der Waals surface area (Å²) in [5.74, 6) is 6.01. The average molecular weight is 235 g/mol. The van der Waals surface area contributed by atoms with Crippen molar-refractivity contribution in [2.24, 2.45) is 0 Å². The minimum Gasteiger partial charge on any atom is -0.481 e. The van der Waals surface area contributed by atoms with E-state index < -0.39 is 0 Å². The van der Waals surface area contributed by atoms with E-state index in [2.05, 4.69) is 17.2 Å². The molecule has 0 aliphatic heterocycles. The third-order valence-corrected chi connectivity index (χ3v) is 2.43. The molecule has 1 unspecified atom stereocenters. The zero-order valence-electron chi connectivity index (χ0n) is 10.5. The van der Waals surface area contributed by atoms with Crippen molar-refractivity contribution in [3.8, 4) is 17.6 Å². The van der Waals surface area contributed by atoms with Gasteiger partial charge in [-0.3, -0.25) is 0 Å². The van der Waals surface area contributed by atoms with E-state index in [1.54, 1.807) is 13.0 Å². The first-order chi connectivity index (χ1) is 8.19. The van der Waals surface area contributed by atoms with Gasteiger partial charge in [0.2, 0.25) is 0 Å². The maximum absolute atomic E-state index is 13.2. The van der Waals surface area contributed by atoms with Crippen LogP contribution in [0.3, 0.4) is 0 Å². The Hall–Kier alpha value is -1.53. The van der Waals surface area contributed by atoms with Gasteiger partial charge in [-0.2, -0.15) is 0 Å². The largest absolute Gasteiger partial charge is 0.481 e. The molecule has 0 spiro atoms. The molecule has 1 N–H and O–H groups in total. The van der Waals surface area contributed by atoms with Gasteiger partial charge in [0.1, 0.15) is 18.2 Å². The van der Waals surface area contributed by atoms with Crippen LogP contribution in [0.2, 0.25) is 0 Å². The van der Waals surface area contributed by atoms with Gasteiger partial charge < -0.3 is 10.1 Å². The second-order valence-corrected chi connectivity index (χ2v) is 3.68. The highest BCUT2D eigenvalue weighted by Crippen LogP contribution is 2.25. The minimum absolute atomic E-state index is 0.0558. The highest BCUT2D eigenvalue weighted by atomic mass is 19.1. The van der Waals surface area contributed by atoms with Crippen molar-refractivity contribution in [3.63, 3.8) is 0 Å². The van der Waals surface area contributed by atoms with E-state index in [1.807, 2.05) is 13.8 Å². The molecule has 92 valence electrons. The molecular formula is C14H18FNO. The van der Waals surface area contributed by atoms with Gasteiger partial charge in [-0.05, 0) is 38.6 Å². The molecule has 0 aliphatic rings. The molecule has 0 radical (unpaired) electrons. The lowest BCUT2D eigenvalue weighted by Crippen LogP contribution is -2.18. The van der Waals surface area contributed by atoms with Crippen LogP contribution in [-0.4, -0.2) is 13.2 Å². The first kappa shape index (κ1) is 13.5. The van der Waals surface area contributed by atoms with Crippen molar-refractivity contribution >= 4 is 0 Å². The van der Waals surface area contributed by atoms with E-state index in [1.165, 1.54) is 12.1 Å². The van der Waals surface area contributed by atoms with Crippen LogP contribution < -0.4 is 10.1 Å². The topological polar surface area (TPSA) is 21.3 Å². The first-order valence-electron chi connectivity index (χ1n) is 5.74. The molecule has 0 saturated carbocycles. The van der Waals surface area contributed by atoms with Crippen LogP contribution in [0, 0.1) is 17.7 Å². The Labute approximate surface area is 102 Å². The number of halogens is 1. The molecule has 0 amide bonds. The molecule has 1 aromatic carbocycles. The van der Waals surface area contributed by atoms with Gasteiger partial charge >= 0.3 is 0 Å². The quantitative estimate of drug-likeness (QED) is 0.792. The van der Waals surface area contributed by atoms with Crippen LogP contribution >= 0.6 is 0 Å². The summed E-state index contributed by atoms with van der Waals surface area (Å²) in [7, 11) is 0. The van der Waals surface area contributed by atoms with Gasteiger partial charge in [-0.25, -0.2) is 4.39 Å². The van der Waals surface area contributed by atoms with Gasteiger partial charge in [-0.15, -0.1) is 5.92 Å². The Morgan fingerprint density at radius 2 is 2.24 bits per heavy atom. The van der Waals surface area contributed by atoms with Gasteiger partial charge in [0.05, 0.1) is 0 Å². The summed E-state index contributed by atoms with van der Waals surface area (Å²) >= 11 is 0. The Morgan fingerprint density at radius 3 is 2.88 bits per heavy atom. The van der Waals surface area contributed by atoms with Crippen molar-refractivity contribution in [2.75, 3.05) is 13.2 Å². The zero-order valence-corrected chi connectivity index (χ0v) is 10.5. The summed E-state index contributed by atoms with van der Waals surface area (Å²) in [6, 6.07) is 4.61. The van der Waals surface area contributed by atoms with Crippen LogP contribution in [0.15, 0.2) is 18.2 Å². The normalized spacial score (nSPS) is 11.5. The first-order valence-corrected chi connectivity index (χ1v) is 5.74. The number of rotatable bonds is 5. The predicted molar refractivity (Wildman–Crippen MR) is 67.4 cm³/mol. The Balaban J connectivity index is 2.89. The van der Waals surface area contributed by atoms with Gasteiger partial charge in [0, 0.05) is 11.6 Å². The summed E-state index contributed by atoms with van der Waals surface area (Å²) in [4.78, 5) is 0. The van der Waals surface area contributed by atoms with E-state index in [9.17, 15) is 4.39 Å². The minimum atomic E-state index is -0.251. The molecule has 0 aromatic heterocycles. The predicted octanol–water partition coefficient (Wildman–Crippen LogP) is 2.90. The van der Waals surface area contributed by atoms with Gasteiger partial charge in [0.15, 0.2) is 0 Å². The number of hydrogen-bond donors (Lipinski definition) is 1. The van der Waals surface area contributed by atoms with Crippen LogP contribution in [0.4, 0.5) is 4.39 Å². The average Bonchev–Trinajstić information content (AvgIpc) is 2.31. The number of hydrogen-bond acceptors (Lipinski definition) is 2. The molecule has 0 heterocycles. The second-order valence-electron chi connectivity index (χ2n) is 3.68. The molecule has 0 bridgehead atoms. The maximum Gasteiger partial charge on any atom is 0.149 e. The van der Waals surface area contributed by atoms with Crippen LogP contribution in [0.5, 0.6) is 5.75 Å². The molecule has 17 heavy (non-hydrogen) atoms. The molecule has 0 aliphatic carbocycles. The maximum atomic E-state index is 13.2. The van der Waals surface area contributed by atoms with Crippen molar-refractivity contribution < 1.29 is 9.13 Å². The highest BCUT2D eigenvalue weighted by molar-refractivity contribution is 5.36. The van der Waals surface area contributed by atoms with Crippen LogP contribution in [0.1, 0.15) is 32.4 Å². The van der Waals surface area contributed by atoms with Crippen molar-refractivity contribution in [3.05, 3.63) is 29.6 Å². The zero-order chi connectivity index (χ0) is 12.7. The number of ether oxygens (including phenoxy) is 1. The third-order valence-electron chi connectivity index (χ3n) is 2.43. The summed E-state index contributed by atoms with van der Waals surface area (Å²) in [6.45, 7) is 6.91. The van der Waals surface area contributed by atoms with Crippen molar-refractivity contribution in [2.45, 2.75) is 26.8 Å². The molecule has 0 fully saturated rings. The van der Waals surface area contributed by atoms with E-state index in [0.29, 0.717) is 12.4 Å². The molecule has 2 nitrogen and oxygen atoms in total. The van der Waals surface area contributed by atoms with E-state index >= 15 is 0 Å². The Kier molecular flexibility index (Phi) is 5.51. The van der Waals surface area contributed by atoms with Gasteiger partial charge in [0.25, 0.3) is 0 Å². The molecule has 1 rings (SSSR count). The monoisotopic (exact) mass is 235 g/mol. The molecule has 0 saturated heterocycles. The molecular weight excluding hydrogens is 217 g/mol. The Bertz CT molecular complexity index is 420. The fourth-order valence-electron chi connectivity index (χ4n) is 1.59. The standard InChI is InChI=1S/C14H18FNO/c1-4-6-9-17-14-8-7-12(15)10-13(14)11(3)16-5-2/h7-8,10-11,16H,5,9H2,1-3H3. The highest BCUT2D eigenvalue weighted by Gasteiger charge is 2.11. The van der Waals surface area contributed by atoms with Crippen LogP contribution in [0.25, 0.3) is 0 Å². The Morgan fingerprint density at radius 1 is 1.47 bits per heavy atom. The number of benzene rings is 1. The van der Waals surface area contributed by atoms with Gasteiger partial charge in [-0.1, -0.05) is 12.8 Å². The molecule has 1 atom stereocenters. The lowest BCUT2D eigenvalue weighted by Gasteiger charge is -2.17. The van der Waals surface area contributed by atoms with Crippen LogP contribution in [-0.2, 0) is 0 Å². The third kappa shape index (κ3) is 4.08. The fraction of sp³-hybridized carbons (Fsp3) is 0.429. The van der Waals surface area contributed by atoms with E-state index in [4.69, 9.17) is 4.74 Å². The second kappa shape index (κ2) is 6.93. The summed E-state index contributed by atoms with van der Waals surface area (Å²) < 4.78 is 18.7. The smallest absolute Gasteiger partial charge is 0.149 e. The van der Waals surface area contributed by atoms with E-state index in [-0.39, 0.29) is 11.9 Å². The lowest BCUT2D eigenvalue weighted by atomic mass is 10.1. The molecule has 1 aromatic rings. The van der Waals surface area contributed by atoms with E-state index in [0.717, 1.165) is 12.1 Å². The summed E-state index contributed by atoms with van der Waals surface area (Å²) in [6.07, 6.45) is 0. The lowest BCUT2D eigenvalue weighted by molar-refractivity contribution is 0.360. The summed E-state index contributed by atoms with van der Waals surface area (Å²) in [5, 5.41) is 3.24. The summed E-state index contributed by atoms with van der Waals surface area (Å²) in [5.41, 5.74) is 0.824. The van der Waals surface area contributed by atoms with Crippen molar-refractivity contribution in [1.29, 1.82) is 0 Å².